The number of pyridine rings is 1. The normalized spacial score (nSPS) is 21.6. The Hall–Kier alpha value is -3.91. The lowest BCUT2D eigenvalue weighted by molar-refractivity contribution is -0.102. The maximum Gasteiger partial charge on any atom is 0.142 e. The van der Waals surface area contributed by atoms with E-state index in [-0.39, 0.29) is 30.3 Å². The molecule has 282 valence electrons. The van der Waals surface area contributed by atoms with Crippen molar-refractivity contribution in [3.05, 3.63) is 105 Å². The average molecular weight is 772 g/mol. The number of rotatable bonds is 14. The molecule has 0 unspecified atom stereocenters. The Kier molecular flexibility index (Phi) is 11.0. The lowest BCUT2D eigenvalue weighted by Gasteiger charge is -2.57. The fourth-order valence-corrected chi connectivity index (χ4v) is 9.30. The highest BCUT2D eigenvalue weighted by Crippen LogP contribution is 2.50. The summed E-state index contributed by atoms with van der Waals surface area (Å²) in [6, 6.07) is 19.8. The summed E-state index contributed by atoms with van der Waals surface area (Å²) in [6.07, 6.45) is 8.60. The van der Waals surface area contributed by atoms with Crippen LogP contribution in [0.3, 0.4) is 0 Å². The van der Waals surface area contributed by atoms with Crippen LogP contribution in [0, 0.1) is 16.7 Å². The van der Waals surface area contributed by atoms with Gasteiger partial charge in [0.25, 0.3) is 0 Å². The van der Waals surface area contributed by atoms with Gasteiger partial charge in [-0.25, -0.2) is 4.39 Å². The molecule has 1 aromatic heterocycles. The molecule has 1 spiro atoms. The van der Waals surface area contributed by atoms with Crippen molar-refractivity contribution in [2.75, 3.05) is 26.2 Å². The molecule has 2 heterocycles. The number of aliphatic hydroxyl groups is 1. The highest BCUT2D eigenvalue weighted by atomic mass is 35.5. The van der Waals surface area contributed by atoms with Crippen LogP contribution in [0.5, 0.6) is 17.2 Å². The molecule has 3 atom stereocenters. The van der Waals surface area contributed by atoms with Gasteiger partial charge in [-0.2, -0.15) is 5.26 Å². The minimum absolute atomic E-state index is 0.0116. The number of nitriles is 1. The van der Waals surface area contributed by atoms with Crippen LogP contribution in [-0.4, -0.2) is 59.5 Å². The Morgan fingerprint density at radius 3 is 2.61 bits per heavy atom. The zero-order chi connectivity index (χ0) is 37.2. The van der Waals surface area contributed by atoms with Crippen molar-refractivity contribution >= 4 is 23.2 Å². The molecule has 3 aromatic carbocycles. The van der Waals surface area contributed by atoms with E-state index in [4.69, 9.17) is 37.4 Å². The Labute approximate surface area is 326 Å². The number of benzene rings is 3. The zero-order valence-electron chi connectivity index (χ0n) is 30.2. The number of alkyl halides is 1. The number of nitrogens with one attached hydrogen (secondary N) is 1. The first kappa shape index (κ1) is 37.0. The Morgan fingerprint density at radius 1 is 0.981 bits per heavy atom. The first-order valence-corrected chi connectivity index (χ1v) is 19.8. The van der Waals surface area contributed by atoms with Crippen molar-refractivity contribution in [2.45, 2.75) is 88.9 Å². The molecule has 3 fully saturated rings. The molecule has 1 aliphatic heterocycles. The lowest BCUT2D eigenvalue weighted by atomic mass is 9.62. The third-order valence-electron chi connectivity index (χ3n) is 11.5. The van der Waals surface area contributed by atoms with E-state index in [2.05, 4.69) is 33.4 Å². The molecule has 11 heteroatoms. The van der Waals surface area contributed by atoms with Crippen molar-refractivity contribution in [1.82, 2.24) is 15.2 Å². The quantitative estimate of drug-likeness (QED) is 0.123. The molecule has 54 heavy (non-hydrogen) atoms. The SMILES string of the molecule is N#Cc1cncc(COc2cc(O[C@H]3CCc4c(-c5cccc(OCCCN6CC7(CC(F)C7)C6)c5Cl)cccc43)c(Cl)cc2CN[C@H]2CCC[C@@H]2O)c1. The van der Waals surface area contributed by atoms with Gasteiger partial charge in [0.1, 0.15) is 42.2 Å². The first-order valence-electron chi connectivity index (χ1n) is 19.0. The summed E-state index contributed by atoms with van der Waals surface area (Å²) in [4.78, 5) is 6.56. The van der Waals surface area contributed by atoms with Crippen LogP contribution >= 0.6 is 23.2 Å². The number of halogens is 3. The van der Waals surface area contributed by atoms with E-state index in [9.17, 15) is 14.8 Å². The average Bonchev–Trinajstić information content (AvgIpc) is 3.76. The van der Waals surface area contributed by atoms with Crippen LogP contribution in [0.15, 0.2) is 67.0 Å². The number of ether oxygens (including phenoxy) is 3. The summed E-state index contributed by atoms with van der Waals surface area (Å²) in [6.45, 7) is 4.19. The summed E-state index contributed by atoms with van der Waals surface area (Å²) in [5.41, 5.74) is 6.59. The minimum Gasteiger partial charge on any atom is -0.492 e. The smallest absolute Gasteiger partial charge is 0.142 e. The van der Waals surface area contributed by atoms with Crippen molar-refractivity contribution in [3.63, 3.8) is 0 Å². The van der Waals surface area contributed by atoms with Gasteiger partial charge in [-0.1, -0.05) is 53.5 Å². The molecular weight excluding hydrogens is 726 g/mol. The zero-order valence-corrected chi connectivity index (χ0v) is 31.7. The van der Waals surface area contributed by atoms with E-state index in [0.717, 1.165) is 98.8 Å². The Morgan fingerprint density at radius 2 is 1.81 bits per heavy atom. The van der Waals surface area contributed by atoms with Crippen LogP contribution in [0.4, 0.5) is 4.39 Å². The second kappa shape index (κ2) is 16.1. The molecule has 0 radical (unpaired) electrons. The Balaban J connectivity index is 0.958. The number of hydrogen-bond donors (Lipinski definition) is 2. The molecule has 2 saturated carbocycles. The van der Waals surface area contributed by atoms with Crippen molar-refractivity contribution in [2.24, 2.45) is 5.41 Å². The maximum absolute atomic E-state index is 13.3. The molecule has 4 aromatic rings. The van der Waals surface area contributed by atoms with Crippen molar-refractivity contribution in [1.29, 1.82) is 5.26 Å². The molecule has 8 rings (SSSR count). The van der Waals surface area contributed by atoms with E-state index in [1.54, 1.807) is 12.3 Å². The number of likely N-dealkylation sites (tertiary alicyclic amines) is 1. The van der Waals surface area contributed by atoms with Gasteiger partial charge in [-0.15, -0.1) is 0 Å². The molecule has 0 amide bonds. The van der Waals surface area contributed by atoms with Gasteiger partial charge in [-0.3, -0.25) is 4.98 Å². The van der Waals surface area contributed by atoms with Gasteiger partial charge >= 0.3 is 0 Å². The number of hydrogen-bond acceptors (Lipinski definition) is 8. The van der Waals surface area contributed by atoms with Crippen LogP contribution in [-0.2, 0) is 19.6 Å². The molecular formula is C43H45Cl2FN4O4. The second-order valence-corrected chi connectivity index (χ2v) is 16.2. The molecule has 4 aliphatic rings. The van der Waals surface area contributed by atoms with Crippen molar-refractivity contribution in [3.8, 4) is 34.4 Å². The summed E-state index contributed by atoms with van der Waals surface area (Å²) in [5.74, 6) is 1.79. The standard InChI is InChI=1S/C43H45Cl2FN4O4/c44-35-16-29(23-49-36-8-3-9-37(36)51)40(53-24-28-15-27(20-47)21-48-22-28)17-41(35)54-38-12-11-32-31(5-1-6-33(32)38)34-7-2-10-39(42(34)45)52-14-4-13-50-25-43(26-50)18-30(46)19-43/h1-2,5-7,10,15-17,21-22,30,36-38,49,51H,3-4,8-9,11-14,18-19,23-26H2/t36-,37-,38-/m0/s1. The number of aliphatic hydroxyl groups excluding tert-OH is 1. The fourth-order valence-electron chi connectivity index (χ4n) is 8.79. The highest BCUT2D eigenvalue weighted by molar-refractivity contribution is 6.35. The highest BCUT2D eigenvalue weighted by Gasteiger charge is 2.52. The van der Waals surface area contributed by atoms with Gasteiger partial charge in [-0.05, 0) is 86.3 Å². The van der Waals surface area contributed by atoms with Crippen LogP contribution < -0.4 is 19.5 Å². The monoisotopic (exact) mass is 770 g/mol. The summed E-state index contributed by atoms with van der Waals surface area (Å²) >= 11 is 13.9. The maximum atomic E-state index is 13.3. The predicted molar refractivity (Wildman–Crippen MR) is 207 cm³/mol. The minimum atomic E-state index is -0.602. The molecule has 1 saturated heterocycles. The molecule has 2 N–H and O–H groups in total. The summed E-state index contributed by atoms with van der Waals surface area (Å²) < 4.78 is 32.5. The fraction of sp³-hybridized carbons (Fsp3) is 0.442. The van der Waals surface area contributed by atoms with E-state index in [1.807, 2.05) is 36.4 Å². The number of aromatic nitrogens is 1. The first-order chi connectivity index (χ1) is 26.3. The lowest BCUT2D eigenvalue weighted by Crippen LogP contribution is -2.62. The van der Waals surface area contributed by atoms with Gasteiger partial charge in [0.05, 0.1) is 28.3 Å². The van der Waals surface area contributed by atoms with E-state index in [0.29, 0.717) is 46.0 Å². The van der Waals surface area contributed by atoms with Gasteiger partial charge < -0.3 is 29.5 Å². The topological polar surface area (TPSA) is 99.9 Å². The molecule has 0 bridgehead atoms. The largest absolute Gasteiger partial charge is 0.492 e. The van der Waals surface area contributed by atoms with Crippen molar-refractivity contribution < 1.29 is 23.7 Å². The Bertz CT molecular complexity index is 2030. The molecule has 3 aliphatic carbocycles. The second-order valence-electron chi connectivity index (χ2n) is 15.4. The summed E-state index contributed by atoms with van der Waals surface area (Å²) in [5, 5.41) is 24.3. The number of fused-ring (bicyclic) bond motifs is 1. The third kappa shape index (κ3) is 7.91. The van der Waals surface area contributed by atoms with E-state index >= 15 is 0 Å². The van der Waals surface area contributed by atoms with E-state index < -0.39 is 6.17 Å². The summed E-state index contributed by atoms with van der Waals surface area (Å²) in [7, 11) is 0. The van der Waals surface area contributed by atoms with Gasteiger partial charge in [0.15, 0.2) is 0 Å². The van der Waals surface area contributed by atoms with Gasteiger partial charge in [0, 0.05) is 72.8 Å². The third-order valence-corrected chi connectivity index (χ3v) is 12.2. The van der Waals surface area contributed by atoms with Gasteiger partial charge in [0.2, 0.25) is 0 Å². The van der Waals surface area contributed by atoms with Crippen LogP contribution in [0.2, 0.25) is 10.0 Å². The van der Waals surface area contributed by atoms with Crippen LogP contribution in [0.25, 0.3) is 11.1 Å². The van der Waals surface area contributed by atoms with Crippen LogP contribution in [0.1, 0.15) is 78.9 Å². The number of nitrogens with zero attached hydrogens (tertiary/aromatic N) is 3. The van der Waals surface area contributed by atoms with E-state index in [1.165, 1.54) is 11.8 Å². The predicted octanol–water partition coefficient (Wildman–Crippen LogP) is 8.78. The molecule has 8 nitrogen and oxygen atoms in total.